The van der Waals surface area contributed by atoms with Gasteiger partial charge in [0, 0.05) is 19.8 Å². The average molecular weight is 239 g/mol. The number of carbonyl (C=O) groups is 1. The number of rotatable bonds is 4. The van der Waals surface area contributed by atoms with Crippen molar-refractivity contribution in [1.82, 2.24) is 9.78 Å². The van der Waals surface area contributed by atoms with Crippen LogP contribution in [0.3, 0.4) is 0 Å². The molecule has 1 unspecified atom stereocenters. The molecule has 0 aliphatic heterocycles. The topological polar surface area (TPSA) is 70.1 Å². The molecule has 0 bridgehead atoms. The Morgan fingerprint density at radius 1 is 1.59 bits per heavy atom. The summed E-state index contributed by atoms with van der Waals surface area (Å²) in [5.41, 5.74) is 6.14. The molecular formula is C12H21N3O2. The minimum absolute atomic E-state index is 0.246. The summed E-state index contributed by atoms with van der Waals surface area (Å²) in [6.07, 6.45) is 4.19. The highest BCUT2D eigenvalue weighted by molar-refractivity contribution is 5.73. The van der Waals surface area contributed by atoms with E-state index in [1.165, 1.54) is 0 Å². The van der Waals surface area contributed by atoms with Gasteiger partial charge >= 0.3 is 5.97 Å². The van der Waals surface area contributed by atoms with Crippen molar-refractivity contribution in [3.63, 3.8) is 0 Å². The van der Waals surface area contributed by atoms with E-state index in [1.54, 1.807) is 10.9 Å². The molecule has 0 aromatic carbocycles. The Morgan fingerprint density at radius 2 is 2.24 bits per heavy atom. The minimum atomic E-state index is -0.473. The molecule has 5 nitrogen and oxygen atoms in total. The molecule has 0 spiro atoms. The first-order chi connectivity index (χ1) is 7.81. The molecule has 5 heteroatoms. The van der Waals surface area contributed by atoms with Crippen molar-refractivity contribution in [1.29, 1.82) is 0 Å². The van der Waals surface area contributed by atoms with E-state index in [1.807, 2.05) is 34.0 Å². The van der Waals surface area contributed by atoms with Crippen LogP contribution in [-0.4, -0.2) is 27.9 Å². The Hall–Kier alpha value is -1.36. The Morgan fingerprint density at radius 3 is 2.65 bits per heavy atom. The van der Waals surface area contributed by atoms with Crippen LogP contribution in [-0.2, 0) is 23.0 Å². The van der Waals surface area contributed by atoms with E-state index in [0.29, 0.717) is 6.42 Å². The summed E-state index contributed by atoms with van der Waals surface area (Å²) in [4.78, 5) is 11.9. The first kappa shape index (κ1) is 13.7. The summed E-state index contributed by atoms with van der Waals surface area (Å²) >= 11 is 0. The van der Waals surface area contributed by atoms with Gasteiger partial charge in [0.2, 0.25) is 0 Å². The normalized spacial score (nSPS) is 13.5. The fourth-order valence-electron chi connectivity index (χ4n) is 1.51. The van der Waals surface area contributed by atoms with E-state index in [4.69, 9.17) is 10.5 Å². The Kier molecular flexibility index (Phi) is 4.28. The van der Waals surface area contributed by atoms with Crippen molar-refractivity contribution in [2.75, 3.05) is 6.54 Å². The molecule has 0 fully saturated rings. The van der Waals surface area contributed by atoms with Crippen LogP contribution in [0, 0.1) is 5.92 Å². The van der Waals surface area contributed by atoms with Crippen LogP contribution in [0.25, 0.3) is 0 Å². The molecule has 0 amide bonds. The summed E-state index contributed by atoms with van der Waals surface area (Å²) < 4.78 is 7.03. The zero-order chi connectivity index (χ0) is 13.1. The van der Waals surface area contributed by atoms with Crippen LogP contribution in [0.4, 0.5) is 0 Å². The van der Waals surface area contributed by atoms with E-state index < -0.39 is 5.60 Å². The third-order valence-electron chi connectivity index (χ3n) is 2.27. The number of nitrogens with zero attached hydrogens (tertiary/aromatic N) is 2. The molecule has 96 valence electrons. The zero-order valence-electron chi connectivity index (χ0n) is 10.9. The van der Waals surface area contributed by atoms with Gasteiger partial charge < -0.3 is 10.5 Å². The minimum Gasteiger partial charge on any atom is -0.460 e. The van der Waals surface area contributed by atoms with Crippen LogP contribution < -0.4 is 5.73 Å². The van der Waals surface area contributed by atoms with E-state index >= 15 is 0 Å². The lowest BCUT2D eigenvalue weighted by Crippen LogP contribution is -2.33. The third kappa shape index (κ3) is 4.56. The largest absolute Gasteiger partial charge is 0.460 e. The number of aryl methyl sites for hydroxylation is 1. The highest BCUT2D eigenvalue weighted by Crippen LogP contribution is 2.14. The van der Waals surface area contributed by atoms with E-state index in [9.17, 15) is 4.79 Å². The van der Waals surface area contributed by atoms with Crippen molar-refractivity contribution in [2.45, 2.75) is 32.8 Å². The monoisotopic (exact) mass is 239 g/mol. The third-order valence-corrected chi connectivity index (χ3v) is 2.27. The molecule has 0 aliphatic carbocycles. The molecule has 1 heterocycles. The number of carbonyl (C=O) groups excluding carboxylic acids is 1. The molecule has 17 heavy (non-hydrogen) atoms. The molecule has 0 aliphatic rings. The zero-order valence-corrected chi connectivity index (χ0v) is 10.9. The van der Waals surface area contributed by atoms with Crippen LogP contribution in [0.2, 0.25) is 0 Å². The van der Waals surface area contributed by atoms with Crippen molar-refractivity contribution in [3.8, 4) is 0 Å². The van der Waals surface area contributed by atoms with E-state index in [0.717, 1.165) is 5.56 Å². The molecule has 0 saturated heterocycles. The molecule has 0 radical (unpaired) electrons. The van der Waals surface area contributed by atoms with Gasteiger partial charge in [-0.2, -0.15) is 5.10 Å². The second-order valence-electron chi connectivity index (χ2n) is 5.19. The first-order valence-corrected chi connectivity index (χ1v) is 5.72. The summed E-state index contributed by atoms with van der Waals surface area (Å²) in [7, 11) is 1.84. The van der Waals surface area contributed by atoms with Crippen molar-refractivity contribution in [3.05, 3.63) is 18.0 Å². The second-order valence-corrected chi connectivity index (χ2v) is 5.19. The predicted molar refractivity (Wildman–Crippen MR) is 65.3 cm³/mol. The van der Waals surface area contributed by atoms with Crippen LogP contribution in [0.5, 0.6) is 0 Å². The number of esters is 1. The molecule has 1 rings (SSSR count). The lowest BCUT2D eigenvalue weighted by atomic mass is 10.0. The Balaban J connectivity index is 2.62. The smallest absolute Gasteiger partial charge is 0.311 e. The van der Waals surface area contributed by atoms with Gasteiger partial charge in [0.15, 0.2) is 0 Å². The number of ether oxygens (including phenoxy) is 1. The van der Waals surface area contributed by atoms with Gasteiger partial charge in [-0.05, 0) is 32.8 Å². The molecule has 1 aromatic rings. The highest BCUT2D eigenvalue weighted by atomic mass is 16.6. The van der Waals surface area contributed by atoms with Gasteiger partial charge in [-0.15, -0.1) is 0 Å². The predicted octanol–water partition coefficient (Wildman–Crippen LogP) is 0.879. The molecular weight excluding hydrogens is 218 g/mol. The standard InChI is InChI=1S/C12H21N3O2/c1-12(2,3)17-11(16)10(6-13)5-9-7-14-15(4)8-9/h7-8,10H,5-6,13H2,1-4H3. The van der Waals surface area contributed by atoms with Gasteiger partial charge in [-0.1, -0.05) is 0 Å². The summed E-state index contributed by atoms with van der Waals surface area (Å²) in [5, 5.41) is 4.06. The average Bonchev–Trinajstić information content (AvgIpc) is 2.57. The van der Waals surface area contributed by atoms with Gasteiger partial charge in [-0.25, -0.2) is 0 Å². The molecule has 0 saturated carbocycles. The number of nitrogens with two attached hydrogens (primary N) is 1. The summed E-state index contributed by atoms with van der Waals surface area (Å²) in [6, 6.07) is 0. The van der Waals surface area contributed by atoms with Crippen molar-refractivity contribution < 1.29 is 9.53 Å². The van der Waals surface area contributed by atoms with Gasteiger partial charge in [0.25, 0.3) is 0 Å². The van der Waals surface area contributed by atoms with Gasteiger partial charge in [0.1, 0.15) is 5.60 Å². The van der Waals surface area contributed by atoms with Crippen LogP contribution in [0.1, 0.15) is 26.3 Å². The maximum Gasteiger partial charge on any atom is 0.311 e. The van der Waals surface area contributed by atoms with Crippen LogP contribution >= 0.6 is 0 Å². The molecule has 1 atom stereocenters. The molecule has 1 aromatic heterocycles. The van der Waals surface area contributed by atoms with E-state index in [2.05, 4.69) is 5.10 Å². The number of hydrogen-bond acceptors (Lipinski definition) is 4. The lowest BCUT2D eigenvalue weighted by molar-refractivity contribution is -0.159. The Labute approximate surface area is 102 Å². The van der Waals surface area contributed by atoms with Crippen LogP contribution in [0.15, 0.2) is 12.4 Å². The second kappa shape index (κ2) is 5.31. The molecule has 2 N–H and O–H groups in total. The van der Waals surface area contributed by atoms with Crippen molar-refractivity contribution in [2.24, 2.45) is 18.7 Å². The first-order valence-electron chi connectivity index (χ1n) is 5.72. The lowest BCUT2D eigenvalue weighted by Gasteiger charge is -2.23. The van der Waals surface area contributed by atoms with Crippen molar-refractivity contribution >= 4 is 5.97 Å². The number of hydrogen-bond donors (Lipinski definition) is 1. The van der Waals surface area contributed by atoms with E-state index in [-0.39, 0.29) is 18.4 Å². The fraction of sp³-hybridized carbons (Fsp3) is 0.667. The van der Waals surface area contributed by atoms with Gasteiger partial charge in [0.05, 0.1) is 12.1 Å². The summed E-state index contributed by atoms with van der Waals surface area (Å²) in [6.45, 7) is 5.83. The highest BCUT2D eigenvalue weighted by Gasteiger charge is 2.24. The SMILES string of the molecule is Cn1cc(CC(CN)C(=O)OC(C)(C)C)cn1. The Bertz CT molecular complexity index is 379. The van der Waals surface area contributed by atoms with Gasteiger partial charge in [-0.3, -0.25) is 9.48 Å². The maximum absolute atomic E-state index is 11.9. The summed E-state index contributed by atoms with van der Waals surface area (Å²) in [5.74, 6) is -0.553. The maximum atomic E-state index is 11.9. The number of aromatic nitrogens is 2. The quantitative estimate of drug-likeness (QED) is 0.792. The fourth-order valence-corrected chi connectivity index (χ4v) is 1.51.